The molecule has 1 heterocycles. The minimum atomic E-state index is -3.22. The molecule has 1 aromatic rings. The highest BCUT2D eigenvalue weighted by atomic mass is 35.5. The lowest BCUT2D eigenvalue weighted by Crippen LogP contribution is -2.16. The normalized spacial score (nSPS) is 10.8. The molecule has 0 aliphatic heterocycles. The second-order valence-electron chi connectivity index (χ2n) is 2.77. The Balaban J connectivity index is 0.00000196. The Morgan fingerprint density at radius 2 is 2.27 bits per heavy atom. The lowest BCUT2D eigenvalue weighted by molar-refractivity contribution is 0.600. The summed E-state index contributed by atoms with van der Waals surface area (Å²) in [5, 5.41) is 2.13. The molecule has 0 atom stereocenters. The SMILES string of the molecule is CCCS(=O)(=O)Nc1nc(CN)cs1.Cl. The highest BCUT2D eigenvalue weighted by molar-refractivity contribution is 7.92. The Hall–Kier alpha value is -0.370. The van der Waals surface area contributed by atoms with E-state index in [2.05, 4.69) is 9.71 Å². The van der Waals surface area contributed by atoms with Crippen LogP contribution in [-0.4, -0.2) is 19.2 Å². The van der Waals surface area contributed by atoms with E-state index in [1.807, 2.05) is 6.92 Å². The Morgan fingerprint density at radius 1 is 1.60 bits per heavy atom. The third-order valence-electron chi connectivity index (χ3n) is 1.48. The van der Waals surface area contributed by atoms with Crippen molar-refractivity contribution in [1.82, 2.24) is 4.98 Å². The standard InChI is InChI=1S/C7H13N3O2S2.ClH/c1-2-3-14(11,12)10-7-9-6(4-8)5-13-7;/h5H,2-4,8H2,1H3,(H,9,10);1H. The van der Waals surface area contributed by atoms with E-state index < -0.39 is 10.0 Å². The molecular weight excluding hydrogens is 258 g/mol. The van der Waals surface area contributed by atoms with Crippen LogP contribution in [0.2, 0.25) is 0 Å². The van der Waals surface area contributed by atoms with E-state index >= 15 is 0 Å². The van der Waals surface area contributed by atoms with E-state index in [4.69, 9.17) is 5.73 Å². The molecule has 0 amide bonds. The van der Waals surface area contributed by atoms with Gasteiger partial charge in [-0.2, -0.15) is 0 Å². The molecule has 1 rings (SSSR count). The van der Waals surface area contributed by atoms with Crippen LogP contribution in [0, 0.1) is 0 Å². The van der Waals surface area contributed by atoms with Crippen LogP contribution >= 0.6 is 23.7 Å². The first-order valence-electron chi connectivity index (χ1n) is 4.22. The van der Waals surface area contributed by atoms with E-state index in [0.717, 1.165) is 0 Å². The number of anilines is 1. The number of hydrogen-bond acceptors (Lipinski definition) is 5. The first kappa shape index (κ1) is 14.6. The summed E-state index contributed by atoms with van der Waals surface area (Å²) in [5.41, 5.74) is 6.05. The third kappa shape index (κ3) is 4.78. The summed E-state index contributed by atoms with van der Waals surface area (Å²) in [7, 11) is -3.22. The van der Waals surface area contributed by atoms with Crippen molar-refractivity contribution < 1.29 is 8.42 Å². The molecule has 3 N–H and O–H groups in total. The number of nitrogens with one attached hydrogen (secondary N) is 1. The molecule has 0 aromatic carbocycles. The van der Waals surface area contributed by atoms with Gasteiger partial charge in [-0.15, -0.1) is 23.7 Å². The minimum Gasteiger partial charge on any atom is -0.325 e. The molecule has 5 nitrogen and oxygen atoms in total. The van der Waals surface area contributed by atoms with Gasteiger partial charge in [0.25, 0.3) is 0 Å². The molecule has 88 valence electrons. The zero-order chi connectivity index (χ0) is 10.6. The molecule has 0 saturated heterocycles. The van der Waals surface area contributed by atoms with Crippen LogP contribution in [0.5, 0.6) is 0 Å². The van der Waals surface area contributed by atoms with E-state index in [1.165, 1.54) is 11.3 Å². The lowest BCUT2D eigenvalue weighted by atomic mass is 10.5. The number of aromatic nitrogens is 1. The second-order valence-corrected chi connectivity index (χ2v) is 5.47. The van der Waals surface area contributed by atoms with Gasteiger partial charge in [-0.05, 0) is 6.42 Å². The second kappa shape index (κ2) is 6.26. The number of halogens is 1. The fraction of sp³-hybridized carbons (Fsp3) is 0.571. The first-order chi connectivity index (χ1) is 6.57. The molecule has 0 spiro atoms. The average Bonchev–Trinajstić information content (AvgIpc) is 2.51. The van der Waals surface area contributed by atoms with E-state index in [0.29, 0.717) is 23.8 Å². The van der Waals surface area contributed by atoms with Gasteiger partial charge in [-0.1, -0.05) is 6.92 Å². The van der Waals surface area contributed by atoms with Gasteiger partial charge in [-0.3, -0.25) is 4.72 Å². The number of nitrogens with zero attached hydrogens (tertiary/aromatic N) is 1. The van der Waals surface area contributed by atoms with Crippen molar-refractivity contribution in [3.05, 3.63) is 11.1 Å². The van der Waals surface area contributed by atoms with Crippen molar-refractivity contribution in [3.63, 3.8) is 0 Å². The zero-order valence-corrected chi connectivity index (χ0v) is 10.7. The Kier molecular flexibility index (Phi) is 6.11. The smallest absolute Gasteiger partial charge is 0.234 e. The van der Waals surface area contributed by atoms with E-state index in [1.54, 1.807) is 5.38 Å². The minimum absolute atomic E-state index is 0. The van der Waals surface area contributed by atoms with Gasteiger partial charge < -0.3 is 5.73 Å². The van der Waals surface area contributed by atoms with Crippen molar-refractivity contribution in [1.29, 1.82) is 0 Å². The molecule has 0 saturated carbocycles. The Bertz CT molecular complexity index is 391. The molecule has 0 unspecified atom stereocenters. The van der Waals surface area contributed by atoms with E-state index in [-0.39, 0.29) is 18.2 Å². The van der Waals surface area contributed by atoms with Crippen molar-refractivity contribution in [2.45, 2.75) is 19.9 Å². The van der Waals surface area contributed by atoms with Gasteiger partial charge in [0.05, 0.1) is 11.4 Å². The predicted octanol–water partition coefficient (Wildman–Crippen LogP) is 1.18. The molecule has 15 heavy (non-hydrogen) atoms. The van der Waals surface area contributed by atoms with Crippen LogP contribution in [0.25, 0.3) is 0 Å². The molecule has 8 heteroatoms. The first-order valence-corrected chi connectivity index (χ1v) is 6.75. The summed E-state index contributed by atoms with van der Waals surface area (Å²) >= 11 is 1.25. The Morgan fingerprint density at radius 3 is 2.73 bits per heavy atom. The molecule has 0 aliphatic carbocycles. The highest BCUT2D eigenvalue weighted by Gasteiger charge is 2.10. The van der Waals surface area contributed by atoms with Gasteiger partial charge >= 0.3 is 0 Å². The fourth-order valence-corrected chi connectivity index (χ4v) is 2.99. The quantitative estimate of drug-likeness (QED) is 0.842. The van der Waals surface area contributed by atoms with Crippen LogP contribution in [0.3, 0.4) is 0 Å². The van der Waals surface area contributed by atoms with Crippen LogP contribution in [0.1, 0.15) is 19.0 Å². The van der Waals surface area contributed by atoms with Gasteiger partial charge in [0, 0.05) is 11.9 Å². The van der Waals surface area contributed by atoms with Gasteiger partial charge in [0.2, 0.25) is 10.0 Å². The van der Waals surface area contributed by atoms with Crippen molar-refractivity contribution >= 4 is 38.9 Å². The average molecular weight is 272 g/mol. The zero-order valence-electron chi connectivity index (χ0n) is 8.26. The van der Waals surface area contributed by atoms with Crippen molar-refractivity contribution in [2.75, 3.05) is 10.5 Å². The Labute approximate surface area is 99.6 Å². The number of rotatable bonds is 5. The summed E-state index contributed by atoms with van der Waals surface area (Å²) in [4.78, 5) is 4.00. The summed E-state index contributed by atoms with van der Waals surface area (Å²) in [6.45, 7) is 2.14. The number of thiazole rings is 1. The van der Waals surface area contributed by atoms with Gasteiger partial charge in [-0.25, -0.2) is 13.4 Å². The summed E-state index contributed by atoms with van der Waals surface area (Å²) in [6, 6.07) is 0. The molecular formula is C7H14ClN3O2S2. The summed E-state index contributed by atoms with van der Waals surface area (Å²) in [5.74, 6) is 0.116. The maximum Gasteiger partial charge on any atom is 0.234 e. The topological polar surface area (TPSA) is 85.1 Å². The van der Waals surface area contributed by atoms with Crippen LogP contribution in [0.4, 0.5) is 5.13 Å². The number of hydrogen-bond donors (Lipinski definition) is 2. The molecule has 0 fully saturated rings. The highest BCUT2D eigenvalue weighted by Crippen LogP contribution is 2.16. The maximum atomic E-state index is 11.3. The van der Waals surface area contributed by atoms with Crippen LogP contribution < -0.4 is 10.5 Å². The lowest BCUT2D eigenvalue weighted by Gasteiger charge is -2.01. The van der Waals surface area contributed by atoms with Crippen molar-refractivity contribution in [2.24, 2.45) is 5.73 Å². The summed E-state index contributed by atoms with van der Waals surface area (Å²) < 4.78 is 25.0. The number of sulfonamides is 1. The van der Waals surface area contributed by atoms with Crippen LogP contribution in [-0.2, 0) is 16.6 Å². The van der Waals surface area contributed by atoms with Gasteiger partial charge in [0.15, 0.2) is 5.13 Å². The largest absolute Gasteiger partial charge is 0.325 e. The predicted molar refractivity (Wildman–Crippen MR) is 65.0 cm³/mol. The van der Waals surface area contributed by atoms with Crippen molar-refractivity contribution in [3.8, 4) is 0 Å². The third-order valence-corrected chi connectivity index (χ3v) is 3.86. The maximum absolute atomic E-state index is 11.3. The fourth-order valence-electron chi connectivity index (χ4n) is 0.900. The molecule has 0 bridgehead atoms. The molecule has 1 aromatic heterocycles. The molecule has 0 aliphatic rings. The molecule has 0 radical (unpaired) electrons. The van der Waals surface area contributed by atoms with Gasteiger partial charge in [0.1, 0.15) is 0 Å². The monoisotopic (exact) mass is 271 g/mol. The van der Waals surface area contributed by atoms with Crippen LogP contribution in [0.15, 0.2) is 5.38 Å². The van der Waals surface area contributed by atoms with E-state index in [9.17, 15) is 8.42 Å². The number of nitrogens with two attached hydrogens (primary N) is 1. The summed E-state index contributed by atoms with van der Waals surface area (Å²) in [6.07, 6.45) is 0.588.